The topological polar surface area (TPSA) is 62.1 Å². The SMILES string of the molecule is Cc1[nH]c2ccccc2c1C(=O)N(C)CC(C)CN. The van der Waals surface area contributed by atoms with Gasteiger partial charge in [-0.25, -0.2) is 0 Å². The fraction of sp³-hybridized carbons (Fsp3) is 0.400. The first kappa shape index (κ1) is 13.6. The lowest BCUT2D eigenvalue weighted by Crippen LogP contribution is -2.33. The van der Waals surface area contributed by atoms with Gasteiger partial charge in [0.15, 0.2) is 0 Å². The number of aryl methyl sites for hydroxylation is 1. The number of fused-ring (bicyclic) bond motifs is 1. The summed E-state index contributed by atoms with van der Waals surface area (Å²) in [7, 11) is 1.83. The number of carbonyl (C=O) groups is 1. The Hall–Kier alpha value is -1.81. The molecule has 1 amide bonds. The van der Waals surface area contributed by atoms with Crippen LogP contribution in [0.1, 0.15) is 23.0 Å². The number of carbonyl (C=O) groups excluding carboxylic acids is 1. The molecule has 0 aliphatic carbocycles. The third kappa shape index (κ3) is 2.63. The molecule has 102 valence electrons. The van der Waals surface area contributed by atoms with Crippen LogP contribution >= 0.6 is 0 Å². The van der Waals surface area contributed by atoms with Gasteiger partial charge in [0, 0.05) is 30.2 Å². The van der Waals surface area contributed by atoms with Crippen LogP contribution in [0.2, 0.25) is 0 Å². The van der Waals surface area contributed by atoms with E-state index in [1.165, 1.54) is 0 Å². The van der Waals surface area contributed by atoms with E-state index in [2.05, 4.69) is 4.98 Å². The van der Waals surface area contributed by atoms with Crippen LogP contribution in [0.25, 0.3) is 10.9 Å². The van der Waals surface area contributed by atoms with E-state index >= 15 is 0 Å². The van der Waals surface area contributed by atoms with Crippen molar-refractivity contribution in [2.24, 2.45) is 11.7 Å². The molecule has 1 heterocycles. The number of nitrogens with one attached hydrogen (secondary N) is 1. The van der Waals surface area contributed by atoms with E-state index in [9.17, 15) is 4.79 Å². The van der Waals surface area contributed by atoms with E-state index in [0.29, 0.717) is 19.0 Å². The molecule has 19 heavy (non-hydrogen) atoms. The zero-order valence-corrected chi connectivity index (χ0v) is 11.7. The number of hydrogen-bond acceptors (Lipinski definition) is 2. The fourth-order valence-corrected chi connectivity index (χ4v) is 2.37. The Morgan fingerprint density at radius 3 is 2.79 bits per heavy atom. The summed E-state index contributed by atoms with van der Waals surface area (Å²) in [6.45, 7) is 5.25. The van der Waals surface area contributed by atoms with Gasteiger partial charge in [-0.2, -0.15) is 0 Å². The Kier molecular flexibility index (Phi) is 3.90. The largest absolute Gasteiger partial charge is 0.358 e. The molecule has 1 aromatic heterocycles. The Labute approximate surface area is 113 Å². The Balaban J connectivity index is 2.33. The number of para-hydroxylation sites is 1. The summed E-state index contributed by atoms with van der Waals surface area (Å²) in [6, 6.07) is 7.88. The van der Waals surface area contributed by atoms with Crippen LogP contribution in [0, 0.1) is 12.8 Å². The lowest BCUT2D eigenvalue weighted by Gasteiger charge is -2.20. The van der Waals surface area contributed by atoms with E-state index in [1.54, 1.807) is 4.90 Å². The zero-order valence-electron chi connectivity index (χ0n) is 11.7. The van der Waals surface area contributed by atoms with Crippen LogP contribution in [0.15, 0.2) is 24.3 Å². The number of benzene rings is 1. The van der Waals surface area contributed by atoms with Crippen LogP contribution < -0.4 is 5.73 Å². The number of aromatic amines is 1. The van der Waals surface area contributed by atoms with Gasteiger partial charge in [0.25, 0.3) is 5.91 Å². The molecular formula is C15H21N3O. The fourth-order valence-electron chi connectivity index (χ4n) is 2.37. The maximum atomic E-state index is 12.6. The average molecular weight is 259 g/mol. The van der Waals surface area contributed by atoms with E-state index in [0.717, 1.165) is 22.2 Å². The number of rotatable bonds is 4. The van der Waals surface area contributed by atoms with Crippen molar-refractivity contribution < 1.29 is 4.79 Å². The Bertz CT molecular complexity index is 588. The summed E-state index contributed by atoms with van der Waals surface area (Å²) >= 11 is 0. The number of amides is 1. The maximum absolute atomic E-state index is 12.6. The normalized spacial score (nSPS) is 12.6. The molecule has 1 aromatic carbocycles. The highest BCUT2D eigenvalue weighted by Crippen LogP contribution is 2.23. The van der Waals surface area contributed by atoms with Gasteiger partial charge in [-0.15, -0.1) is 0 Å². The maximum Gasteiger partial charge on any atom is 0.256 e. The molecule has 0 saturated heterocycles. The van der Waals surface area contributed by atoms with Crippen molar-refractivity contribution in [2.45, 2.75) is 13.8 Å². The first-order valence-corrected chi connectivity index (χ1v) is 6.57. The van der Waals surface area contributed by atoms with Crippen molar-refractivity contribution >= 4 is 16.8 Å². The molecule has 0 saturated carbocycles. The number of nitrogens with two attached hydrogens (primary N) is 1. The molecule has 4 nitrogen and oxygen atoms in total. The van der Waals surface area contributed by atoms with E-state index in [1.807, 2.05) is 45.2 Å². The summed E-state index contributed by atoms with van der Waals surface area (Å²) in [4.78, 5) is 17.6. The minimum absolute atomic E-state index is 0.0512. The van der Waals surface area contributed by atoms with E-state index < -0.39 is 0 Å². The van der Waals surface area contributed by atoms with E-state index in [4.69, 9.17) is 5.73 Å². The Morgan fingerprint density at radius 2 is 2.11 bits per heavy atom. The molecule has 0 aliphatic rings. The second-order valence-electron chi connectivity index (χ2n) is 5.20. The predicted molar refractivity (Wildman–Crippen MR) is 78.2 cm³/mol. The molecule has 0 fully saturated rings. The first-order valence-electron chi connectivity index (χ1n) is 6.57. The molecule has 0 radical (unpaired) electrons. The van der Waals surface area contributed by atoms with Crippen molar-refractivity contribution in [3.8, 4) is 0 Å². The van der Waals surface area contributed by atoms with Gasteiger partial charge in [0.05, 0.1) is 5.56 Å². The highest BCUT2D eigenvalue weighted by atomic mass is 16.2. The van der Waals surface area contributed by atoms with Crippen molar-refractivity contribution in [3.05, 3.63) is 35.5 Å². The average Bonchev–Trinajstić information content (AvgIpc) is 2.73. The number of H-pyrrole nitrogens is 1. The van der Waals surface area contributed by atoms with Gasteiger partial charge in [0.2, 0.25) is 0 Å². The third-order valence-electron chi connectivity index (χ3n) is 3.44. The van der Waals surface area contributed by atoms with Crippen LogP contribution in [-0.4, -0.2) is 35.9 Å². The zero-order chi connectivity index (χ0) is 14.0. The van der Waals surface area contributed by atoms with Gasteiger partial charge in [-0.05, 0) is 25.5 Å². The minimum atomic E-state index is 0.0512. The first-order chi connectivity index (χ1) is 9.04. The standard InChI is InChI=1S/C15H21N3O/c1-10(8-16)9-18(3)15(19)14-11(2)17-13-7-5-4-6-12(13)14/h4-7,10,17H,8-9,16H2,1-3H3. The van der Waals surface area contributed by atoms with Crippen molar-refractivity contribution in [2.75, 3.05) is 20.1 Å². The van der Waals surface area contributed by atoms with Crippen LogP contribution in [0.4, 0.5) is 0 Å². The second-order valence-corrected chi connectivity index (χ2v) is 5.20. The summed E-state index contributed by atoms with van der Waals surface area (Å²) in [5.41, 5.74) is 8.30. The number of aromatic nitrogens is 1. The van der Waals surface area contributed by atoms with Gasteiger partial charge in [-0.1, -0.05) is 25.1 Å². The van der Waals surface area contributed by atoms with Crippen molar-refractivity contribution in [1.29, 1.82) is 0 Å². The van der Waals surface area contributed by atoms with Gasteiger partial charge in [-0.3, -0.25) is 4.79 Å². The molecule has 2 rings (SSSR count). The molecule has 0 bridgehead atoms. The summed E-state index contributed by atoms with van der Waals surface area (Å²) < 4.78 is 0. The van der Waals surface area contributed by atoms with Crippen LogP contribution in [0.3, 0.4) is 0 Å². The molecule has 2 aromatic rings. The monoisotopic (exact) mass is 259 g/mol. The minimum Gasteiger partial charge on any atom is -0.358 e. The molecule has 4 heteroatoms. The second kappa shape index (κ2) is 5.45. The number of nitrogens with zero attached hydrogens (tertiary/aromatic N) is 1. The molecule has 0 spiro atoms. The van der Waals surface area contributed by atoms with Crippen molar-refractivity contribution in [3.63, 3.8) is 0 Å². The lowest BCUT2D eigenvalue weighted by atomic mass is 10.1. The Morgan fingerprint density at radius 1 is 1.42 bits per heavy atom. The van der Waals surface area contributed by atoms with Gasteiger partial charge >= 0.3 is 0 Å². The van der Waals surface area contributed by atoms with Gasteiger partial charge in [0.1, 0.15) is 0 Å². The molecule has 3 N–H and O–H groups in total. The van der Waals surface area contributed by atoms with Crippen LogP contribution in [0.5, 0.6) is 0 Å². The quantitative estimate of drug-likeness (QED) is 0.883. The third-order valence-corrected chi connectivity index (χ3v) is 3.44. The lowest BCUT2D eigenvalue weighted by molar-refractivity contribution is 0.0778. The summed E-state index contributed by atoms with van der Waals surface area (Å²) in [5.74, 6) is 0.356. The molecule has 1 atom stereocenters. The molecule has 1 unspecified atom stereocenters. The summed E-state index contributed by atoms with van der Waals surface area (Å²) in [6.07, 6.45) is 0. The van der Waals surface area contributed by atoms with Gasteiger partial charge < -0.3 is 15.6 Å². The molecule has 0 aliphatic heterocycles. The predicted octanol–water partition coefficient (Wildman–Crippen LogP) is 2.14. The summed E-state index contributed by atoms with van der Waals surface area (Å²) in [5, 5.41) is 0.984. The van der Waals surface area contributed by atoms with Crippen LogP contribution in [-0.2, 0) is 0 Å². The number of hydrogen-bond donors (Lipinski definition) is 2. The smallest absolute Gasteiger partial charge is 0.256 e. The highest BCUT2D eigenvalue weighted by molar-refractivity contribution is 6.08. The highest BCUT2D eigenvalue weighted by Gasteiger charge is 2.20. The van der Waals surface area contributed by atoms with E-state index in [-0.39, 0.29) is 5.91 Å². The van der Waals surface area contributed by atoms with Crippen molar-refractivity contribution in [1.82, 2.24) is 9.88 Å². The molecular weight excluding hydrogens is 238 g/mol.